The van der Waals surface area contributed by atoms with E-state index in [1.807, 2.05) is 18.7 Å². The fraction of sp³-hybridized carbons (Fsp3) is 0.692. The number of nitrogens with zero attached hydrogens (tertiary/aromatic N) is 3. The summed E-state index contributed by atoms with van der Waals surface area (Å²) in [6, 6.07) is 0. The Morgan fingerprint density at radius 3 is 2.79 bits per heavy atom. The van der Waals surface area contributed by atoms with Gasteiger partial charge in [-0.3, -0.25) is 9.48 Å². The standard InChI is InChI=1S/C13H21ClN4O/c1-9(2)11-10(12(14)17(3)16-11)13(19)18-7-4-5-15-6-8-18/h9,15H,4-8H2,1-3H3. The molecule has 0 aromatic carbocycles. The van der Waals surface area contributed by atoms with Crippen molar-refractivity contribution in [3.63, 3.8) is 0 Å². The van der Waals surface area contributed by atoms with Crippen LogP contribution in [0, 0.1) is 0 Å². The van der Waals surface area contributed by atoms with Gasteiger partial charge >= 0.3 is 0 Å². The van der Waals surface area contributed by atoms with Gasteiger partial charge in [0.15, 0.2) is 0 Å². The summed E-state index contributed by atoms with van der Waals surface area (Å²) in [5.74, 6) is 0.188. The van der Waals surface area contributed by atoms with E-state index in [4.69, 9.17) is 11.6 Å². The summed E-state index contributed by atoms with van der Waals surface area (Å²) in [5, 5.41) is 8.10. The van der Waals surface area contributed by atoms with Crippen molar-refractivity contribution in [2.75, 3.05) is 26.2 Å². The van der Waals surface area contributed by atoms with E-state index in [0.29, 0.717) is 10.7 Å². The van der Waals surface area contributed by atoms with Crippen LogP contribution in [0.4, 0.5) is 0 Å². The number of hydrogen-bond acceptors (Lipinski definition) is 3. The molecular weight excluding hydrogens is 264 g/mol. The second-order valence-electron chi connectivity index (χ2n) is 5.23. The minimum absolute atomic E-state index is 0.00509. The lowest BCUT2D eigenvalue weighted by molar-refractivity contribution is 0.0765. The Hall–Kier alpha value is -1.07. The molecule has 1 N–H and O–H groups in total. The molecule has 0 saturated carbocycles. The molecule has 5 nitrogen and oxygen atoms in total. The molecule has 2 rings (SSSR count). The number of aromatic nitrogens is 2. The van der Waals surface area contributed by atoms with Gasteiger partial charge < -0.3 is 10.2 Å². The highest BCUT2D eigenvalue weighted by molar-refractivity contribution is 6.33. The molecule has 19 heavy (non-hydrogen) atoms. The molecule has 1 aliphatic heterocycles. The molecule has 1 fully saturated rings. The number of halogens is 1. The average molecular weight is 285 g/mol. The normalized spacial score (nSPS) is 16.8. The summed E-state index contributed by atoms with van der Waals surface area (Å²) in [6.45, 7) is 7.34. The molecule has 6 heteroatoms. The zero-order valence-corrected chi connectivity index (χ0v) is 12.5. The van der Waals surface area contributed by atoms with Crippen LogP contribution in [-0.2, 0) is 7.05 Å². The first-order valence-electron chi connectivity index (χ1n) is 6.74. The highest BCUT2D eigenvalue weighted by Crippen LogP contribution is 2.26. The first-order valence-corrected chi connectivity index (χ1v) is 7.12. The van der Waals surface area contributed by atoms with E-state index < -0.39 is 0 Å². The maximum absolute atomic E-state index is 12.7. The van der Waals surface area contributed by atoms with E-state index in [0.717, 1.165) is 38.3 Å². The Balaban J connectivity index is 2.31. The minimum atomic E-state index is 0.00509. The van der Waals surface area contributed by atoms with Crippen LogP contribution in [-0.4, -0.2) is 46.8 Å². The van der Waals surface area contributed by atoms with Crippen LogP contribution < -0.4 is 5.32 Å². The minimum Gasteiger partial charge on any atom is -0.337 e. The predicted octanol–water partition coefficient (Wildman–Crippen LogP) is 1.63. The van der Waals surface area contributed by atoms with Gasteiger partial charge in [0.2, 0.25) is 0 Å². The van der Waals surface area contributed by atoms with Crippen molar-refractivity contribution in [2.45, 2.75) is 26.2 Å². The summed E-state index contributed by atoms with van der Waals surface area (Å²) in [6.07, 6.45) is 0.973. The SMILES string of the molecule is CC(C)c1nn(C)c(Cl)c1C(=O)N1CCCNCC1. The quantitative estimate of drug-likeness (QED) is 0.898. The average Bonchev–Trinajstić information content (AvgIpc) is 2.60. The van der Waals surface area contributed by atoms with E-state index in [1.165, 1.54) is 0 Å². The van der Waals surface area contributed by atoms with Gasteiger partial charge in [-0.05, 0) is 18.9 Å². The summed E-state index contributed by atoms with van der Waals surface area (Å²) in [4.78, 5) is 14.5. The molecule has 1 amide bonds. The lowest BCUT2D eigenvalue weighted by Gasteiger charge is -2.20. The van der Waals surface area contributed by atoms with Gasteiger partial charge in [-0.25, -0.2) is 0 Å². The van der Waals surface area contributed by atoms with Gasteiger partial charge in [-0.1, -0.05) is 25.4 Å². The van der Waals surface area contributed by atoms with Crippen LogP contribution >= 0.6 is 11.6 Å². The zero-order valence-electron chi connectivity index (χ0n) is 11.7. The molecule has 0 aliphatic carbocycles. The van der Waals surface area contributed by atoms with E-state index >= 15 is 0 Å². The number of rotatable bonds is 2. The highest BCUT2D eigenvalue weighted by atomic mass is 35.5. The number of carbonyl (C=O) groups excluding carboxylic acids is 1. The third kappa shape index (κ3) is 2.92. The molecule has 0 unspecified atom stereocenters. The van der Waals surface area contributed by atoms with Gasteiger partial charge in [-0.15, -0.1) is 0 Å². The molecule has 1 saturated heterocycles. The van der Waals surface area contributed by atoms with Gasteiger partial charge in [0, 0.05) is 26.7 Å². The van der Waals surface area contributed by atoms with Gasteiger partial charge in [-0.2, -0.15) is 5.10 Å². The lowest BCUT2D eigenvalue weighted by Crippen LogP contribution is -2.34. The van der Waals surface area contributed by atoms with Gasteiger partial charge in [0.05, 0.1) is 11.3 Å². The molecule has 2 heterocycles. The van der Waals surface area contributed by atoms with E-state index in [1.54, 1.807) is 11.7 Å². The number of amides is 1. The molecule has 0 bridgehead atoms. The molecule has 106 valence electrons. The van der Waals surface area contributed by atoms with Crippen LogP contribution in [0.3, 0.4) is 0 Å². The second kappa shape index (κ2) is 5.92. The maximum atomic E-state index is 12.7. The molecule has 1 aliphatic rings. The van der Waals surface area contributed by atoms with Gasteiger partial charge in [0.1, 0.15) is 5.15 Å². The molecule has 0 atom stereocenters. The Morgan fingerprint density at radius 2 is 2.11 bits per heavy atom. The van der Waals surface area contributed by atoms with Gasteiger partial charge in [0.25, 0.3) is 5.91 Å². The predicted molar refractivity (Wildman–Crippen MR) is 75.7 cm³/mol. The number of carbonyl (C=O) groups is 1. The van der Waals surface area contributed by atoms with Crippen LogP contribution in [0.5, 0.6) is 0 Å². The Kier molecular flexibility index (Phi) is 4.47. The van der Waals surface area contributed by atoms with Crippen molar-refractivity contribution >= 4 is 17.5 Å². The molecular formula is C13H21ClN4O. The topological polar surface area (TPSA) is 50.2 Å². The van der Waals surface area contributed by atoms with E-state index in [2.05, 4.69) is 10.4 Å². The Bertz CT molecular complexity index is 461. The highest BCUT2D eigenvalue weighted by Gasteiger charge is 2.27. The first-order chi connectivity index (χ1) is 9.02. The Morgan fingerprint density at radius 1 is 1.37 bits per heavy atom. The van der Waals surface area contributed by atoms with Crippen molar-refractivity contribution in [3.05, 3.63) is 16.4 Å². The zero-order chi connectivity index (χ0) is 14.0. The molecule has 0 spiro atoms. The molecule has 1 aromatic rings. The monoisotopic (exact) mass is 284 g/mol. The van der Waals surface area contributed by atoms with Crippen molar-refractivity contribution < 1.29 is 4.79 Å². The summed E-state index contributed by atoms with van der Waals surface area (Å²) in [5.41, 5.74) is 1.36. The van der Waals surface area contributed by atoms with Crippen LogP contribution in [0.2, 0.25) is 5.15 Å². The summed E-state index contributed by atoms with van der Waals surface area (Å²) in [7, 11) is 1.77. The third-order valence-electron chi connectivity index (χ3n) is 3.39. The maximum Gasteiger partial charge on any atom is 0.258 e. The fourth-order valence-electron chi connectivity index (χ4n) is 2.33. The first kappa shape index (κ1) is 14.3. The van der Waals surface area contributed by atoms with Crippen LogP contribution in [0.1, 0.15) is 42.2 Å². The summed E-state index contributed by atoms with van der Waals surface area (Å²) >= 11 is 6.25. The van der Waals surface area contributed by atoms with Crippen molar-refractivity contribution in [2.24, 2.45) is 7.05 Å². The van der Waals surface area contributed by atoms with Crippen LogP contribution in [0.15, 0.2) is 0 Å². The van der Waals surface area contributed by atoms with Crippen molar-refractivity contribution in [3.8, 4) is 0 Å². The van der Waals surface area contributed by atoms with E-state index in [-0.39, 0.29) is 11.8 Å². The second-order valence-corrected chi connectivity index (χ2v) is 5.58. The number of nitrogens with one attached hydrogen (secondary N) is 1. The largest absolute Gasteiger partial charge is 0.337 e. The summed E-state index contributed by atoms with van der Waals surface area (Å²) < 4.78 is 1.58. The molecule has 0 radical (unpaired) electrons. The fourth-order valence-corrected chi connectivity index (χ4v) is 2.55. The Labute approximate surface area is 118 Å². The lowest BCUT2D eigenvalue weighted by atomic mass is 10.1. The number of hydrogen-bond donors (Lipinski definition) is 1. The third-order valence-corrected chi connectivity index (χ3v) is 3.83. The van der Waals surface area contributed by atoms with Crippen molar-refractivity contribution in [1.29, 1.82) is 0 Å². The number of aryl methyl sites for hydroxylation is 1. The smallest absolute Gasteiger partial charge is 0.258 e. The van der Waals surface area contributed by atoms with Crippen LogP contribution in [0.25, 0.3) is 0 Å². The molecule has 1 aromatic heterocycles. The van der Waals surface area contributed by atoms with E-state index in [9.17, 15) is 4.79 Å². The van der Waals surface area contributed by atoms with Crippen molar-refractivity contribution in [1.82, 2.24) is 20.0 Å².